The fourth-order valence-electron chi connectivity index (χ4n) is 4.57. The molecule has 0 bridgehead atoms. The Labute approximate surface area is 191 Å². The number of fused-ring (bicyclic) bond motifs is 1. The molecular weight excluding hydrogens is 448 g/mol. The predicted molar refractivity (Wildman–Crippen MR) is 120 cm³/mol. The summed E-state index contributed by atoms with van der Waals surface area (Å²) >= 11 is 0. The summed E-state index contributed by atoms with van der Waals surface area (Å²) in [6, 6.07) is -0.0108. The Morgan fingerprint density at radius 2 is 1.94 bits per heavy atom. The van der Waals surface area contributed by atoms with E-state index in [1.165, 1.54) is 21.4 Å². The van der Waals surface area contributed by atoms with Crippen LogP contribution in [0.3, 0.4) is 0 Å². The maximum Gasteiger partial charge on any atom is 0.330 e. The first-order chi connectivity index (χ1) is 15.8. The number of aromatic nitrogens is 6. The molecule has 2 aliphatic rings. The van der Waals surface area contributed by atoms with E-state index in [1.807, 2.05) is 0 Å². The van der Waals surface area contributed by atoms with Crippen LogP contribution in [0.5, 0.6) is 0 Å². The first kappa shape index (κ1) is 22.0. The monoisotopic (exact) mass is 476 g/mol. The Morgan fingerprint density at radius 1 is 1.15 bits per heavy atom. The highest BCUT2D eigenvalue weighted by molar-refractivity contribution is 7.89. The van der Waals surface area contributed by atoms with Gasteiger partial charge in [0.1, 0.15) is 10.4 Å². The summed E-state index contributed by atoms with van der Waals surface area (Å²) in [6.45, 7) is 2.00. The van der Waals surface area contributed by atoms with Gasteiger partial charge in [-0.25, -0.2) is 18.2 Å². The summed E-state index contributed by atoms with van der Waals surface area (Å²) in [5.41, 5.74) is 1.14. The molecule has 3 aromatic rings. The van der Waals surface area contributed by atoms with Crippen LogP contribution in [-0.2, 0) is 28.9 Å². The molecule has 0 saturated carbocycles. The van der Waals surface area contributed by atoms with Crippen molar-refractivity contribution >= 4 is 27.1 Å². The molecule has 1 unspecified atom stereocenters. The van der Waals surface area contributed by atoms with Crippen LogP contribution in [0.1, 0.15) is 31.7 Å². The van der Waals surface area contributed by atoms with Crippen molar-refractivity contribution in [1.82, 2.24) is 33.2 Å². The van der Waals surface area contributed by atoms with E-state index in [-0.39, 0.29) is 22.7 Å². The van der Waals surface area contributed by atoms with Gasteiger partial charge in [0.25, 0.3) is 0 Å². The molecule has 0 amide bonds. The largest absolute Gasteiger partial charge is 0.379 e. The lowest BCUT2D eigenvalue weighted by atomic mass is 10.1. The van der Waals surface area contributed by atoms with E-state index in [9.17, 15) is 13.2 Å². The third-order valence-electron chi connectivity index (χ3n) is 6.44. The smallest absolute Gasteiger partial charge is 0.330 e. The van der Waals surface area contributed by atoms with Gasteiger partial charge in [0.15, 0.2) is 5.65 Å². The Kier molecular flexibility index (Phi) is 5.70. The van der Waals surface area contributed by atoms with Crippen LogP contribution in [0.15, 0.2) is 28.3 Å². The molecule has 13 heteroatoms. The number of hydrogen-bond donors (Lipinski definition) is 1. The van der Waals surface area contributed by atoms with Gasteiger partial charge in [-0.2, -0.15) is 14.4 Å². The molecule has 5 rings (SSSR count). The lowest BCUT2D eigenvalue weighted by molar-refractivity contribution is 0.0591. The third kappa shape index (κ3) is 4.04. The number of sulfonamides is 1. The molecule has 2 aliphatic heterocycles. The molecule has 3 aromatic heterocycles. The zero-order valence-corrected chi connectivity index (χ0v) is 19.5. The Morgan fingerprint density at radius 3 is 2.61 bits per heavy atom. The van der Waals surface area contributed by atoms with Crippen molar-refractivity contribution in [2.75, 3.05) is 31.6 Å². The molecule has 12 nitrogen and oxygen atoms in total. The number of nitrogens with one attached hydrogen (secondary N) is 1. The topological polar surface area (TPSA) is 129 Å². The Hall–Kier alpha value is -2.77. The van der Waals surface area contributed by atoms with Gasteiger partial charge >= 0.3 is 5.69 Å². The van der Waals surface area contributed by atoms with Crippen LogP contribution in [0.2, 0.25) is 0 Å². The number of ether oxygens (including phenoxy) is 1. The normalized spacial score (nSPS) is 21.0. The summed E-state index contributed by atoms with van der Waals surface area (Å²) in [4.78, 5) is 22.1. The number of aryl methyl sites for hydroxylation is 2. The highest BCUT2D eigenvalue weighted by Crippen LogP contribution is 2.24. The maximum absolute atomic E-state index is 12.9. The highest BCUT2D eigenvalue weighted by atomic mass is 32.2. The second kappa shape index (κ2) is 8.54. The molecule has 1 atom stereocenters. The molecule has 178 valence electrons. The van der Waals surface area contributed by atoms with Crippen molar-refractivity contribution in [3.05, 3.63) is 29.1 Å². The zero-order valence-electron chi connectivity index (χ0n) is 18.7. The number of hydrogen-bond acceptors (Lipinski definition) is 8. The second-order valence-corrected chi connectivity index (χ2v) is 10.6. The van der Waals surface area contributed by atoms with E-state index in [1.54, 1.807) is 29.4 Å². The zero-order chi connectivity index (χ0) is 23.2. The van der Waals surface area contributed by atoms with Crippen LogP contribution < -0.4 is 11.0 Å². The van der Waals surface area contributed by atoms with E-state index in [0.717, 1.165) is 12.8 Å². The number of anilines is 1. The Balaban J connectivity index is 1.31. The molecule has 0 aromatic carbocycles. The van der Waals surface area contributed by atoms with Crippen molar-refractivity contribution in [1.29, 1.82) is 0 Å². The van der Waals surface area contributed by atoms with Crippen molar-refractivity contribution in [2.45, 2.75) is 42.7 Å². The minimum atomic E-state index is -3.55. The molecule has 1 N–H and O–H groups in total. The lowest BCUT2D eigenvalue weighted by Gasteiger charge is -2.31. The van der Waals surface area contributed by atoms with Crippen LogP contribution in [0, 0.1) is 0 Å². The van der Waals surface area contributed by atoms with E-state index in [4.69, 9.17) is 4.74 Å². The average molecular weight is 477 g/mol. The maximum atomic E-state index is 12.9. The summed E-state index contributed by atoms with van der Waals surface area (Å²) in [5, 5.41) is 7.30. The molecule has 5 heterocycles. The van der Waals surface area contributed by atoms with Crippen LogP contribution in [0.25, 0.3) is 11.2 Å². The standard InChI is InChI=1S/C20H28N8O4S/c1-25-12-16(10-22-25)33(30,31)27-7-5-14(6-8-27)23-19-21-11-17-18(24-19)28(20(29)26(17)2)15-4-3-9-32-13-15/h10-12,14-15H,3-9,13H2,1-2H3,(H,21,23,24). The number of nitrogens with zero attached hydrogens (tertiary/aromatic N) is 7. The highest BCUT2D eigenvalue weighted by Gasteiger charge is 2.31. The summed E-state index contributed by atoms with van der Waals surface area (Å²) in [5.74, 6) is 0.437. The van der Waals surface area contributed by atoms with Crippen molar-refractivity contribution < 1.29 is 13.2 Å². The van der Waals surface area contributed by atoms with Crippen molar-refractivity contribution in [2.24, 2.45) is 14.1 Å². The first-order valence-corrected chi connectivity index (χ1v) is 12.6. The molecule has 0 radical (unpaired) electrons. The fraction of sp³-hybridized carbons (Fsp3) is 0.600. The van der Waals surface area contributed by atoms with Gasteiger partial charge in [-0.05, 0) is 25.7 Å². The number of imidazole rings is 1. The van der Waals surface area contributed by atoms with Gasteiger partial charge in [-0.1, -0.05) is 0 Å². The fourth-order valence-corrected chi connectivity index (χ4v) is 6.02. The van der Waals surface area contributed by atoms with Crippen LogP contribution >= 0.6 is 0 Å². The van der Waals surface area contributed by atoms with Gasteiger partial charge in [-0.3, -0.25) is 13.8 Å². The van der Waals surface area contributed by atoms with Gasteiger partial charge in [0, 0.05) is 46.0 Å². The molecular formula is C20H28N8O4S. The summed E-state index contributed by atoms with van der Waals surface area (Å²) in [7, 11) is -0.132. The SMILES string of the molecule is Cn1cc(S(=O)(=O)N2CCC(Nc3ncc4c(n3)n(C3CCCOC3)c(=O)n4C)CC2)cn1. The van der Waals surface area contributed by atoms with Gasteiger partial charge in [0.05, 0.1) is 25.0 Å². The predicted octanol–water partition coefficient (Wildman–Crippen LogP) is 0.480. The summed E-state index contributed by atoms with van der Waals surface area (Å²) < 4.78 is 37.5. The molecule has 33 heavy (non-hydrogen) atoms. The van der Waals surface area contributed by atoms with E-state index in [2.05, 4.69) is 20.4 Å². The Bertz CT molecular complexity index is 1310. The van der Waals surface area contributed by atoms with E-state index in [0.29, 0.717) is 56.3 Å². The van der Waals surface area contributed by atoms with Gasteiger partial charge < -0.3 is 10.1 Å². The minimum absolute atomic E-state index is 0.0321. The molecule has 0 spiro atoms. The van der Waals surface area contributed by atoms with Crippen molar-refractivity contribution in [3.63, 3.8) is 0 Å². The number of rotatable bonds is 5. The first-order valence-electron chi connectivity index (χ1n) is 11.1. The van der Waals surface area contributed by atoms with E-state index >= 15 is 0 Å². The van der Waals surface area contributed by atoms with Crippen LogP contribution in [-0.4, -0.2) is 74.0 Å². The van der Waals surface area contributed by atoms with Gasteiger partial charge in [0.2, 0.25) is 16.0 Å². The number of piperidine rings is 1. The molecule has 2 fully saturated rings. The quantitative estimate of drug-likeness (QED) is 0.563. The third-order valence-corrected chi connectivity index (χ3v) is 8.29. The van der Waals surface area contributed by atoms with Crippen LogP contribution in [0.4, 0.5) is 5.95 Å². The van der Waals surface area contributed by atoms with E-state index < -0.39 is 10.0 Å². The molecule has 0 aliphatic carbocycles. The van der Waals surface area contributed by atoms with Gasteiger partial charge in [-0.15, -0.1) is 0 Å². The average Bonchev–Trinajstić information content (AvgIpc) is 3.36. The van der Waals surface area contributed by atoms with Crippen molar-refractivity contribution in [3.8, 4) is 0 Å². The molecule has 2 saturated heterocycles. The minimum Gasteiger partial charge on any atom is -0.379 e. The second-order valence-electron chi connectivity index (χ2n) is 8.66. The summed E-state index contributed by atoms with van der Waals surface area (Å²) in [6.07, 6.45) is 7.57. The lowest BCUT2D eigenvalue weighted by Crippen LogP contribution is -2.42.